The molecule has 0 bridgehead atoms. The molecule has 1 unspecified atom stereocenters. The first-order valence-corrected chi connectivity index (χ1v) is 7.92. The first-order valence-electron chi connectivity index (χ1n) is 7.92. The summed E-state index contributed by atoms with van der Waals surface area (Å²) in [6, 6.07) is 6.64. The molecule has 4 heteroatoms. The monoisotopic (exact) mass is 289 g/mol. The zero-order valence-corrected chi connectivity index (χ0v) is 13.4. The van der Waals surface area contributed by atoms with Crippen molar-refractivity contribution < 1.29 is 4.79 Å². The molecule has 1 atom stereocenters. The lowest BCUT2D eigenvalue weighted by Gasteiger charge is -2.34. The van der Waals surface area contributed by atoms with Crippen LogP contribution in [0.15, 0.2) is 18.2 Å². The standard InChI is InChI=1S/C17H27N3O/c1-4-19-11-14-7-8-16(10-13(14)2)20-9-5-6-15(12-20)17(21)18-3/h7-8,10,15,19H,4-6,9,11-12H2,1-3H3,(H,18,21). The van der Waals surface area contributed by atoms with E-state index >= 15 is 0 Å². The summed E-state index contributed by atoms with van der Waals surface area (Å²) in [6.07, 6.45) is 2.07. The Hall–Kier alpha value is -1.55. The van der Waals surface area contributed by atoms with Crippen molar-refractivity contribution in [3.8, 4) is 0 Å². The van der Waals surface area contributed by atoms with Gasteiger partial charge >= 0.3 is 0 Å². The maximum atomic E-state index is 11.8. The molecule has 0 aliphatic carbocycles. The minimum Gasteiger partial charge on any atom is -0.371 e. The minimum absolute atomic E-state index is 0.116. The van der Waals surface area contributed by atoms with Crippen LogP contribution in [0, 0.1) is 12.8 Å². The van der Waals surface area contributed by atoms with E-state index in [9.17, 15) is 4.79 Å². The average Bonchev–Trinajstić information content (AvgIpc) is 2.53. The SMILES string of the molecule is CCNCc1ccc(N2CCCC(C(=O)NC)C2)cc1C. The zero-order valence-electron chi connectivity index (χ0n) is 13.4. The molecule has 1 aromatic carbocycles. The first-order chi connectivity index (χ1) is 10.2. The van der Waals surface area contributed by atoms with Gasteiger partial charge in [0.1, 0.15) is 0 Å². The molecule has 1 amide bonds. The Bertz CT molecular complexity index is 487. The molecule has 2 rings (SSSR count). The number of aryl methyl sites for hydroxylation is 1. The Labute approximate surface area is 127 Å². The highest BCUT2D eigenvalue weighted by atomic mass is 16.1. The van der Waals surface area contributed by atoms with Crippen molar-refractivity contribution >= 4 is 11.6 Å². The van der Waals surface area contributed by atoms with Gasteiger partial charge in [0.2, 0.25) is 5.91 Å². The van der Waals surface area contributed by atoms with Crippen molar-refractivity contribution in [2.45, 2.75) is 33.2 Å². The molecule has 1 fully saturated rings. The average molecular weight is 289 g/mol. The Kier molecular flexibility index (Phi) is 5.62. The van der Waals surface area contributed by atoms with Crippen LogP contribution in [0.2, 0.25) is 0 Å². The summed E-state index contributed by atoms with van der Waals surface area (Å²) in [7, 11) is 1.72. The van der Waals surface area contributed by atoms with E-state index < -0.39 is 0 Å². The molecule has 0 aromatic heterocycles. The fourth-order valence-electron chi connectivity index (χ4n) is 2.96. The highest BCUT2D eigenvalue weighted by molar-refractivity contribution is 5.79. The zero-order chi connectivity index (χ0) is 15.2. The van der Waals surface area contributed by atoms with Crippen LogP contribution in [-0.4, -0.2) is 32.6 Å². The summed E-state index contributed by atoms with van der Waals surface area (Å²) >= 11 is 0. The molecule has 116 valence electrons. The van der Waals surface area contributed by atoms with Crippen LogP contribution in [-0.2, 0) is 11.3 Å². The Morgan fingerprint density at radius 1 is 1.43 bits per heavy atom. The molecule has 1 aliphatic rings. The van der Waals surface area contributed by atoms with Gasteiger partial charge in [-0.15, -0.1) is 0 Å². The van der Waals surface area contributed by atoms with E-state index in [1.807, 2.05) is 0 Å². The van der Waals surface area contributed by atoms with E-state index in [0.29, 0.717) is 0 Å². The molecular weight excluding hydrogens is 262 g/mol. The summed E-state index contributed by atoms with van der Waals surface area (Å²) in [6.45, 7) is 8.06. The number of nitrogens with zero attached hydrogens (tertiary/aromatic N) is 1. The molecule has 21 heavy (non-hydrogen) atoms. The molecule has 2 N–H and O–H groups in total. The maximum Gasteiger partial charge on any atom is 0.224 e. The predicted octanol–water partition coefficient (Wildman–Crippen LogP) is 2.07. The number of piperidine rings is 1. The summed E-state index contributed by atoms with van der Waals surface area (Å²) in [5.41, 5.74) is 3.90. The quantitative estimate of drug-likeness (QED) is 0.872. The van der Waals surface area contributed by atoms with Crippen molar-refractivity contribution in [2.75, 3.05) is 31.6 Å². The number of carbonyl (C=O) groups excluding carboxylic acids is 1. The van der Waals surface area contributed by atoms with Crippen LogP contribution in [0.3, 0.4) is 0 Å². The van der Waals surface area contributed by atoms with Crippen LogP contribution < -0.4 is 15.5 Å². The number of nitrogens with one attached hydrogen (secondary N) is 2. The third kappa shape index (κ3) is 3.97. The van der Waals surface area contributed by atoms with Crippen LogP contribution in [0.4, 0.5) is 5.69 Å². The maximum absolute atomic E-state index is 11.8. The molecule has 0 saturated carbocycles. The molecule has 4 nitrogen and oxygen atoms in total. The Morgan fingerprint density at radius 3 is 2.90 bits per heavy atom. The normalized spacial score (nSPS) is 18.6. The third-order valence-electron chi connectivity index (χ3n) is 4.30. The molecule has 0 radical (unpaired) electrons. The van der Waals surface area contributed by atoms with Crippen molar-refractivity contribution in [1.29, 1.82) is 0 Å². The molecule has 0 spiro atoms. The summed E-state index contributed by atoms with van der Waals surface area (Å²) in [5, 5.41) is 6.14. The van der Waals surface area contributed by atoms with Gasteiger partial charge in [-0.25, -0.2) is 0 Å². The van der Waals surface area contributed by atoms with Gasteiger partial charge in [0.05, 0.1) is 5.92 Å². The van der Waals surface area contributed by atoms with Gasteiger partial charge in [0.25, 0.3) is 0 Å². The van der Waals surface area contributed by atoms with E-state index in [4.69, 9.17) is 0 Å². The second-order valence-electron chi connectivity index (χ2n) is 5.79. The summed E-state index contributed by atoms with van der Waals surface area (Å²) in [5.74, 6) is 0.283. The van der Waals surface area contributed by atoms with E-state index in [2.05, 4.69) is 47.6 Å². The summed E-state index contributed by atoms with van der Waals surface area (Å²) < 4.78 is 0. The Morgan fingerprint density at radius 2 is 2.24 bits per heavy atom. The van der Waals surface area contributed by atoms with Crippen LogP contribution in [0.1, 0.15) is 30.9 Å². The molecule has 1 heterocycles. The largest absolute Gasteiger partial charge is 0.371 e. The topological polar surface area (TPSA) is 44.4 Å². The minimum atomic E-state index is 0.116. The number of anilines is 1. The fraction of sp³-hybridized carbons (Fsp3) is 0.588. The van der Waals surface area contributed by atoms with Gasteiger partial charge in [-0.3, -0.25) is 4.79 Å². The van der Waals surface area contributed by atoms with Crippen molar-refractivity contribution in [3.05, 3.63) is 29.3 Å². The number of amides is 1. The highest BCUT2D eigenvalue weighted by Gasteiger charge is 2.25. The lowest BCUT2D eigenvalue weighted by molar-refractivity contribution is -0.124. The van der Waals surface area contributed by atoms with Gasteiger partial charge in [0.15, 0.2) is 0 Å². The van der Waals surface area contributed by atoms with Crippen molar-refractivity contribution in [1.82, 2.24) is 10.6 Å². The van der Waals surface area contributed by atoms with E-state index in [1.54, 1.807) is 7.05 Å². The van der Waals surface area contributed by atoms with E-state index in [-0.39, 0.29) is 11.8 Å². The smallest absolute Gasteiger partial charge is 0.224 e. The first kappa shape index (κ1) is 15.8. The van der Waals surface area contributed by atoms with Gasteiger partial charge in [-0.2, -0.15) is 0 Å². The number of benzene rings is 1. The van der Waals surface area contributed by atoms with Crippen LogP contribution in [0.25, 0.3) is 0 Å². The van der Waals surface area contributed by atoms with E-state index in [0.717, 1.165) is 39.0 Å². The number of rotatable bonds is 5. The second kappa shape index (κ2) is 7.46. The van der Waals surface area contributed by atoms with Crippen LogP contribution >= 0.6 is 0 Å². The molecule has 1 aliphatic heterocycles. The number of hydrogen-bond acceptors (Lipinski definition) is 3. The third-order valence-corrected chi connectivity index (χ3v) is 4.30. The van der Waals surface area contributed by atoms with Gasteiger partial charge in [0, 0.05) is 32.4 Å². The lowest BCUT2D eigenvalue weighted by Crippen LogP contribution is -2.42. The fourth-order valence-corrected chi connectivity index (χ4v) is 2.96. The van der Waals surface area contributed by atoms with E-state index in [1.165, 1.54) is 16.8 Å². The van der Waals surface area contributed by atoms with Gasteiger partial charge < -0.3 is 15.5 Å². The highest BCUT2D eigenvalue weighted by Crippen LogP contribution is 2.25. The second-order valence-corrected chi connectivity index (χ2v) is 5.79. The lowest BCUT2D eigenvalue weighted by atomic mass is 9.96. The molecule has 1 aromatic rings. The molecular formula is C17H27N3O. The number of carbonyl (C=O) groups is 1. The summed E-state index contributed by atoms with van der Waals surface area (Å²) in [4.78, 5) is 14.2. The van der Waals surface area contributed by atoms with Crippen LogP contribution in [0.5, 0.6) is 0 Å². The van der Waals surface area contributed by atoms with Crippen molar-refractivity contribution in [2.24, 2.45) is 5.92 Å². The number of hydrogen-bond donors (Lipinski definition) is 2. The van der Waals surface area contributed by atoms with Gasteiger partial charge in [-0.1, -0.05) is 13.0 Å². The predicted molar refractivity (Wildman–Crippen MR) is 87.6 cm³/mol. The van der Waals surface area contributed by atoms with Gasteiger partial charge in [-0.05, 0) is 49.6 Å². The Balaban J connectivity index is 2.07. The molecule has 1 saturated heterocycles. The van der Waals surface area contributed by atoms with Crippen molar-refractivity contribution in [3.63, 3.8) is 0 Å².